The van der Waals surface area contributed by atoms with Gasteiger partial charge in [0, 0.05) is 19.8 Å². The summed E-state index contributed by atoms with van der Waals surface area (Å²) >= 11 is 0. The molecule has 0 amide bonds. The molecule has 1 unspecified atom stereocenters. The molecule has 14 heavy (non-hydrogen) atoms. The number of aryl methyl sites for hydroxylation is 1. The second-order valence-electron chi connectivity index (χ2n) is 3.38. The highest BCUT2D eigenvalue weighted by atomic mass is 16.3. The highest BCUT2D eigenvalue weighted by molar-refractivity contribution is 5.59. The normalized spacial score (nSPS) is 12.8. The van der Waals surface area contributed by atoms with E-state index >= 15 is 0 Å². The van der Waals surface area contributed by atoms with Gasteiger partial charge in [-0.25, -0.2) is 0 Å². The van der Waals surface area contributed by atoms with E-state index in [0.717, 1.165) is 6.42 Å². The first kappa shape index (κ1) is 10.8. The van der Waals surface area contributed by atoms with Gasteiger partial charge < -0.3 is 16.2 Å². The summed E-state index contributed by atoms with van der Waals surface area (Å²) in [6, 6.07) is 0. The predicted octanol–water partition coefficient (Wildman–Crippen LogP) is 0.575. The van der Waals surface area contributed by atoms with Gasteiger partial charge in [0.05, 0.1) is 11.8 Å². The van der Waals surface area contributed by atoms with E-state index in [1.165, 1.54) is 0 Å². The van der Waals surface area contributed by atoms with E-state index in [4.69, 9.17) is 5.73 Å². The van der Waals surface area contributed by atoms with Crippen LogP contribution >= 0.6 is 0 Å². The standard InChI is InChI=1S/C9H18N4O/c1-3-7(14)4-5-11-9-8(10)6-13(2)12-9/h6-7,14H,3-5,10H2,1-2H3,(H,11,12). The summed E-state index contributed by atoms with van der Waals surface area (Å²) in [5.74, 6) is 0.691. The van der Waals surface area contributed by atoms with E-state index < -0.39 is 0 Å². The molecule has 0 fully saturated rings. The number of aromatic nitrogens is 2. The minimum Gasteiger partial charge on any atom is -0.394 e. The maximum absolute atomic E-state index is 9.31. The number of rotatable bonds is 5. The Morgan fingerprint density at radius 3 is 2.93 bits per heavy atom. The predicted molar refractivity (Wildman–Crippen MR) is 57.0 cm³/mol. The second-order valence-corrected chi connectivity index (χ2v) is 3.38. The van der Waals surface area contributed by atoms with Crippen LogP contribution in [0.2, 0.25) is 0 Å². The number of aliphatic hydroxyl groups excluding tert-OH is 1. The topological polar surface area (TPSA) is 76.1 Å². The fourth-order valence-corrected chi connectivity index (χ4v) is 1.21. The molecule has 0 aliphatic heterocycles. The minimum absolute atomic E-state index is 0.243. The summed E-state index contributed by atoms with van der Waals surface area (Å²) in [6.45, 7) is 2.65. The van der Waals surface area contributed by atoms with Gasteiger partial charge in [0.25, 0.3) is 0 Å². The molecule has 1 aromatic heterocycles. The maximum Gasteiger partial charge on any atom is 0.171 e. The monoisotopic (exact) mass is 198 g/mol. The summed E-state index contributed by atoms with van der Waals surface area (Å²) in [4.78, 5) is 0. The quantitative estimate of drug-likeness (QED) is 0.646. The molecule has 5 nitrogen and oxygen atoms in total. The Bertz CT molecular complexity index is 284. The summed E-state index contributed by atoms with van der Waals surface area (Å²) < 4.78 is 1.66. The van der Waals surface area contributed by atoms with Crippen LogP contribution in [0.4, 0.5) is 11.5 Å². The first-order valence-corrected chi connectivity index (χ1v) is 4.84. The van der Waals surface area contributed by atoms with Crippen LogP contribution in [-0.4, -0.2) is 27.5 Å². The Morgan fingerprint density at radius 2 is 2.43 bits per heavy atom. The third kappa shape index (κ3) is 2.92. The fourth-order valence-electron chi connectivity index (χ4n) is 1.21. The molecule has 0 spiro atoms. The van der Waals surface area contributed by atoms with Crippen LogP contribution in [0.1, 0.15) is 19.8 Å². The van der Waals surface area contributed by atoms with Crippen molar-refractivity contribution in [1.29, 1.82) is 0 Å². The third-order valence-corrected chi connectivity index (χ3v) is 2.10. The molecule has 0 saturated carbocycles. The number of nitrogens with one attached hydrogen (secondary N) is 1. The Labute approximate surface area is 83.9 Å². The van der Waals surface area contributed by atoms with Crippen LogP contribution < -0.4 is 11.1 Å². The average molecular weight is 198 g/mol. The number of aliphatic hydroxyl groups is 1. The molecule has 1 atom stereocenters. The van der Waals surface area contributed by atoms with Crippen LogP contribution in [-0.2, 0) is 7.05 Å². The van der Waals surface area contributed by atoms with Crippen molar-refractivity contribution in [2.45, 2.75) is 25.9 Å². The van der Waals surface area contributed by atoms with Crippen LogP contribution in [0.25, 0.3) is 0 Å². The van der Waals surface area contributed by atoms with Gasteiger partial charge in [-0.1, -0.05) is 6.92 Å². The van der Waals surface area contributed by atoms with Gasteiger partial charge in [-0.2, -0.15) is 5.10 Å². The lowest BCUT2D eigenvalue weighted by atomic mass is 10.2. The molecule has 0 aliphatic carbocycles. The van der Waals surface area contributed by atoms with Crippen molar-refractivity contribution in [2.75, 3.05) is 17.6 Å². The number of nitrogens with two attached hydrogens (primary N) is 1. The van der Waals surface area contributed by atoms with Crippen LogP contribution in [0.15, 0.2) is 6.20 Å². The lowest BCUT2D eigenvalue weighted by Gasteiger charge is -2.08. The van der Waals surface area contributed by atoms with E-state index in [9.17, 15) is 5.11 Å². The van der Waals surface area contributed by atoms with Crippen LogP contribution in [0.5, 0.6) is 0 Å². The summed E-state index contributed by atoms with van der Waals surface area (Å²) in [6.07, 6.45) is 3.00. The van der Waals surface area contributed by atoms with Crippen molar-refractivity contribution in [2.24, 2.45) is 7.05 Å². The first-order chi connectivity index (χ1) is 6.63. The summed E-state index contributed by atoms with van der Waals surface area (Å²) in [5, 5.41) is 16.5. The van der Waals surface area contributed by atoms with E-state index in [1.54, 1.807) is 10.9 Å². The Balaban J connectivity index is 2.34. The van der Waals surface area contributed by atoms with E-state index in [1.807, 2.05) is 14.0 Å². The fraction of sp³-hybridized carbons (Fsp3) is 0.667. The molecule has 0 saturated heterocycles. The molecular weight excluding hydrogens is 180 g/mol. The van der Waals surface area contributed by atoms with Gasteiger partial charge in [-0.05, 0) is 12.8 Å². The van der Waals surface area contributed by atoms with Gasteiger partial charge in [0.2, 0.25) is 0 Å². The van der Waals surface area contributed by atoms with Crippen molar-refractivity contribution in [3.05, 3.63) is 6.20 Å². The number of anilines is 2. The molecule has 80 valence electrons. The zero-order chi connectivity index (χ0) is 10.6. The smallest absolute Gasteiger partial charge is 0.171 e. The van der Waals surface area contributed by atoms with Gasteiger partial charge in [-0.15, -0.1) is 0 Å². The van der Waals surface area contributed by atoms with E-state index in [-0.39, 0.29) is 6.10 Å². The molecule has 0 aliphatic rings. The van der Waals surface area contributed by atoms with E-state index in [2.05, 4.69) is 10.4 Å². The SMILES string of the molecule is CCC(O)CCNc1nn(C)cc1N. The molecule has 4 N–H and O–H groups in total. The number of hydrogen-bond donors (Lipinski definition) is 3. The minimum atomic E-state index is -0.243. The molecule has 1 rings (SSSR count). The maximum atomic E-state index is 9.31. The average Bonchev–Trinajstić information content (AvgIpc) is 2.45. The number of hydrogen-bond acceptors (Lipinski definition) is 4. The molecule has 1 heterocycles. The van der Waals surface area contributed by atoms with Crippen molar-refractivity contribution in [1.82, 2.24) is 9.78 Å². The lowest BCUT2D eigenvalue weighted by Crippen LogP contribution is -2.13. The molecule has 0 bridgehead atoms. The summed E-state index contributed by atoms with van der Waals surface area (Å²) in [7, 11) is 1.82. The van der Waals surface area contributed by atoms with Crippen molar-refractivity contribution in [3.63, 3.8) is 0 Å². The molecule has 0 aromatic carbocycles. The summed E-state index contributed by atoms with van der Waals surface area (Å²) in [5.41, 5.74) is 6.32. The molecular formula is C9H18N4O. The van der Waals surface area contributed by atoms with Gasteiger partial charge >= 0.3 is 0 Å². The number of nitrogen functional groups attached to an aromatic ring is 1. The van der Waals surface area contributed by atoms with Gasteiger partial charge in [-0.3, -0.25) is 4.68 Å². The lowest BCUT2D eigenvalue weighted by molar-refractivity contribution is 0.164. The zero-order valence-electron chi connectivity index (χ0n) is 8.70. The van der Waals surface area contributed by atoms with E-state index in [0.29, 0.717) is 24.5 Å². The first-order valence-electron chi connectivity index (χ1n) is 4.84. The van der Waals surface area contributed by atoms with Gasteiger partial charge in [0.15, 0.2) is 5.82 Å². The number of nitrogens with zero attached hydrogens (tertiary/aromatic N) is 2. The Morgan fingerprint density at radius 1 is 1.71 bits per heavy atom. The molecule has 5 heteroatoms. The Hall–Kier alpha value is -1.23. The van der Waals surface area contributed by atoms with Crippen molar-refractivity contribution >= 4 is 11.5 Å². The zero-order valence-corrected chi connectivity index (χ0v) is 8.70. The largest absolute Gasteiger partial charge is 0.394 e. The highest BCUT2D eigenvalue weighted by Crippen LogP contribution is 2.14. The van der Waals surface area contributed by atoms with Crippen molar-refractivity contribution in [3.8, 4) is 0 Å². The second kappa shape index (κ2) is 4.85. The highest BCUT2D eigenvalue weighted by Gasteiger charge is 2.04. The van der Waals surface area contributed by atoms with Crippen LogP contribution in [0.3, 0.4) is 0 Å². The third-order valence-electron chi connectivity index (χ3n) is 2.10. The van der Waals surface area contributed by atoms with Crippen molar-refractivity contribution < 1.29 is 5.11 Å². The van der Waals surface area contributed by atoms with Crippen LogP contribution in [0, 0.1) is 0 Å². The Kier molecular flexibility index (Phi) is 3.76. The molecule has 1 aromatic rings. The van der Waals surface area contributed by atoms with Gasteiger partial charge in [0.1, 0.15) is 0 Å². The molecule has 0 radical (unpaired) electrons.